The summed E-state index contributed by atoms with van der Waals surface area (Å²) in [6.45, 7) is 6.55. The average molecular weight is 1120 g/mol. The number of esters is 3. The third-order valence-corrected chi connectivity index (χ3v) is 15.1. The van der Waals surface area contributed by atoms with Crippen LogP contribution in [-0.4, -0.2) is 37.2 Å². The summed E-state index contributed by atoms with van der Waals surface area (Å²) in [4.78, 5) is 38.4. The second-order valence-corrected chi connectivity index (χ2v) is 23.1. The number of allylic oxidation sites excluding steroid dienone is 14. The number of rotatable bonds is 63. The van der Waals surface area contributed by atoms with E-state index in [0.29, 0.717) is 19.3 Å². The maximum Gasteiger partial charge on any atom is 0.306 e. The Morgan fingerprint density at radius 3 is 0.762 bits per heavy atom. The monoisotopic (exact) mass is 1110 g/mol. The molecule has 0 N–H and O–H groups in total. The van der Waals surface area contributed by atoms with Gasteiger partial charge >= 0.3 is 17.9 Å². The molecule has 0 aromatic rings. The van der Waals surface area contributed by atoms with Crippen molar-refractivity contribution in [3.8, 4) is 0 Å². The van der Waals surface area contributed by atoms with Crippen LogP contribution in [0.25, 0.3) is 0 Å². The smallest absolute Gasteiger partial charge is 0.306 e. The molecule has 0 rings (SSSR count). The highest BCUT2D eigenvalue weighted by atomic mass is 16.6. The molecular weight excluding hydrogens is 985 g/mol. The summed E-state index contributed by atoms with van der Waals surface area (Å²) in [5, 5.41) is 0. The van der Waals surface area contributed by atoms with E-state index < -0.39 is 6.10 Å². The van der Waals surface area contributed by atoms with Crippen molar-refractivity contribution in [3.05, 3.63) is 85.1 Å². The van der Waals surface area contributed by atoms with Crippen LogP contribution in [0.15, 0.2) is 85.1 Å². The maximum absolute atomic E-state index is 12.9. The minimum absolute atomic E-state index is 0.0739. The molecule has 0 heterocycles. The average Bonchev–Trinajstić information content (AvgIpc) is 3.46. The molecule has 0 aromatic heterocycles. The quantitative estimate of drug-likeness (QED) is 0.0261. The van der Waals surface area contributed by atoms with Crippen molar-refractivity contribution in [2.75, 3.05) is 13.2 Å². The van der Waals surface area contributed by atoms with E-state index in [9.17, 15) is 14.4 Å². The molecule has 0 aliphatic carbocycles. The van der Waals surface area contributed by atoms with E-state index in [-0.39, 0.29) is 31.1 Å². The minimum atomic E-state index is -0.778. The molecule has 0 fully saturated rings. The van der Waals surface area contributed by atoms with Crippen molar-refractivity contribution in [2.45, 2.75) is 354 Å². The number of hydrogen-bond acceptors (Lipinski definition) is 6. The predicted octanol–water partition coefficient (Wildman–Crippen LogP) is 23.8. The fraction of sp³-hybridized carbons (Fsp3) is 0.770. The van der Waals surface area contributed by atoms with E-state index in [0.717, 1.165) is 96.3 Å². The van der Waals surface area contributed by atoms with Gasteiger partial charge in [-0.25, -0.2) is 0 Å². The van der Waals surface area contributed by atoms with Gasteiger partial charge in [-0.05, 0) is 96.3 Å². The van der Waals surface area contributed by atoms with Gasteiger partial charge in [0.2, 0.25) is 0 Å². The second kappa shape index (κ2) is 68.1. The molecule has 0 amide bonds. The lowest BCUT2D eigenvalue weighted by Gasteiger charge is -2.18. The highest BCUT2D eigenvalue weighted by molar-refractivity contribution is 5.71. The largest absolute Gasteiger partial charge is 0.462 e. The zero-order valence-electron chi connectivity index (χ0n) is 53.1. The van der Waals surface area contributed by atoms with Gasteiger partial charge in [-0.3, -0.25) is 14.4 Å². The van der Waals surface area contributed by atoms with Gasteiger partial charge in [-0.15, -0.1) is 0 Å². The predicted molar refractivity (Wildman–Crippen MR) is 348 cm³/mol. The van der Waals surface area contributed by atoms with Gasteiger partial charge < -0.3 is 14.2 Å². The Kier molecular flexibility index (Phi) is 65.2. The Labute approximate surface area is 496 Å². The molecule has 0 bridgehead atoms. The SMILES string of the molecule is CC/C=C\C/C=C\C/C=C\C/C=C\C/C=C\CCCCCCCCCCCCCC(=O)OCC(COC(=O)CCCCCCCCCCCCCC)OC(=O)CCCCCCCCCCCCC/C=C\C/C=C\CCCCCCC. The van der Waals surface area contributed by atoms with E-state index in [1.165, 1.54) is 212 Å². The van der Waals surface area contributed by atoms with Crippen LogP contribution in [0, 0.1) is 0 Å². The third kappa shape index (κ3) is 65.4. The van der Waals surface area contributed by atoms with Crippen molar-refractivity contribution in [1.82, 2.24) is 0 Å². The summed E-state index contributed by atoms with van der Waals surface area (Å²) in [6.07, 6.45) is 90.3. The molecule has 6 heteroatoms. The van der Waals surface area contributed by atoms with E-state index in [4.69, 9.17) is 14.2 Å². The van der Waals surface area contributed by atoms with Crippen LogP contribution < -0.4 is 0 Å². The Morgan fingerprint density at radius 1 is 0.263 bits per heavy atom. The van der Waals surface area contributed by atoms with Crippen LogP contribution >= 0.6 is 0 Å². The fourth-order valence-corrected chi connectivity index (χ4v) is 9.97. The number of carbonyl (C=O) groups is 3. The normalized spacial score (nSPS) is 12.6. The first-order chi connectivity index (χ1) is 39.5. The lowest BCUT2D eigenvalue weighted by atomic mass is 10.0. The van der Waals surface area contributed by atoms with Crippen LogP contribution in [0.5, 0.6) is 0 Å². The van der Waals surface area contributed by atoms with Crippen molar-refractivity contribution in [3.63, 3.8) is 0 Å². The Hall–Kier alpha value is -3.41. The first-order valence-corrected chi connectivity index (χ1v) is 34.6. The van der Waals surface area contributed by atoms with Gasteiger partial charge in [0.1, 0.15) is 13.2 Å². The molecule has 0 aliphatic heterocycles. The van der Waals surface area contributed by atoms with Gasteiger partial charge in [0, 0.05) is 19.3 Å². The molecule has 0 saturated carbocycles. The number of ether oxygens (including phenoxy) is 3. The van der Waals surface area contributed by atoms with E-state index in [1.807, 2.05) is 0 Å². The first-order valence-electron chi connectivity index (χ1n) is 34.6. The lowest BCUT2D eigenvalue weighted by molar-refractivity contribution is -0.167. The third-order valence-electron chi connectivity index (χ3n) is 15.1. The van der Waals surface area contributed by atoms with Crippen molar-refractivity contribution in [2.24, 2.45) is 0 Å². The van der Waals surface area contributed by atoms with Gasteiger partial charge in [0.05, 0.1) is 0 Å². The van der Waals surface area contributed by atoms with E-state index >= 15 is 0 Å². The summed E-state index contributed by atoms with van der Waals surface area (Å²) in [5.41, 5.74) is 0. The highest BCUT2D eigenvalue weighted by Crippen LogP contribution is 2.17. The molecule has 0 radical (unpaired) electrons. The number of unbranched alkanes of at least 4 members (excludes halogenated alkanes) is 38. The van der Waals surface area contributed by atoms with Crippen LogP contribution in [0.1, 0.15) is 348 Å². The van der Waals surface area contributed by atoms with Crippen LogP contribution in [0.2, 0.25) is 0 Å². The molecule has 1 atom stereocenters. The molecule has 0 aromatic carbocycles. The summed E-state index contributed by atoms with van der Waals surface area (Å²) in [6, 6.07) is 0. The molecule has 462 valence electrons. The van der Waals surface area contributed by atoms with Crippen LogP contribution in [0.4, 0.5) is 0 Å². The van der Waals surface area contributed by atoms with Crippen molar-refractivity contribution in [1.29, 1.82) is 0 Å². The Balaban J connectivity index is 4.26. The molecule has 80 heavy (non-hydrogen) atoms. The first kappa shape index (κ1) is 76.6. The highest BCUT2D eigenvalue weighted by Gasteiger charge is 2.19. The molecule has 1 unspecified atom stereocenters. The van der Waals surface area contributed by atoms with Crippen molar-refractivity contribution >= 4 is 17.9 Å². The van der Waals surface area contributed by atoms with Gasteiger partial charge in [0.25, 0.3) is 0 Å². The molecule has 0 aliphatic rings. The Bertz CT molecular complexity index is 1520. The fourth-order valence-electron chi connectivity index (χ4n) is 9.97. The topological polar surface area (TPSA) is 78.9 Å². The van der Waals surface area contributed by atoms with Gasteiger partial charge in [-0.2, -0.15) is 0 Å². The molecular formula is C74H130O6. The van der Waals surface area contributed by atoms with Crippen LogP contribution in [-0.2, 0) is 28.6 Å². The Morgan fingerprint density at radius 2 is 0.487 bits per heavy atom. The zero-order chi connectivity index (χ0) is 57.8. The van der Waals surface area contributed by atoms with Gasteiger partial charge in [0.15, 0.2) is 6.10 Å². The minimum Gasteiger partial charge on any atom is -0.462 e. The van der Waals surface area contributed by atoms with Crippen LogP contribution in [0.3, 0.4) is 0 Å². The zero-order valence-corrected chi connectivity index (χ0v) is 53.1. The van der Waals surface area contributed by atoms with Gasteiger partial charge in [-0.1, -0.05) is 318 Å². The standard InChI is InChI=1S/C74H130O6/c1-4-7-10-13-16-19-22-25-27-29-31-33-35-36-37-38-40-41-43-45-47-49-52-55-58-61-64-67-73(76)79-70-71(69-78-72(75)66-63-60-57-54-51-24-21-18-15-12-9-6-3)80-74(77)68-65-62-59-56-53-50-48-46-44-42-39-34-32-30-28-26-23-20-17-14-11-8-5-2/h7,10,16,19,23,25-27,30-33,36-37,71H,4-6,8-9,11-15,17-18,20-22,24,28-29,34-35,38-70H2,1-3H3/b10-7-,19-16-,26-23-,27-25-,32-30-,33-31-,37-36-. The molecule has 0 spiro atoms. The summed E-state index contributed by atoms with van der Waals surface area (Å²) in [7, 11) is 0. The second-order valence-electron chi connectivity index (χ2n) is 23.1. The van der Waals surface area contributed by atoms with Crippen molar-refractivity contribution < 1.29 is 28.6 Å². The molecule has 6 nitrogen and oxygen atoms in total. The molecule has 0 saturated heterocycles. The summed E-state index contributed by atoms with van der Waals surface area (Å²) < 4.78 is 17.0. The number of carbonyl (C=O) groups excluding carboxylic acids is 3. The maximum atomic E-state index is 12.9. The van der Waals surface area contributed by atoms with E-state index in [2.05, 4.69) is 106 Å². The summed E-state index contributed by atoms with van der Waals surface area (Å²) in [5.74, 6) is -0.862. The summed E-state index contributed by atoms with van der Waals surface area (Å²) >= 11 is 0. The van der Waals surface area contributed by atoms with E-state index in [1.54, 1.807) is 0 Å². The lowest BCUT2D eigenvalue weighted by Crippen LogP contribution is -2.30. The number of hydrogen-bond donors (Lipinski definition) is 0.